The molecule has 138 valence electrons. The molecule has 0 fully saturated rings. The Labute approximate surface area is 162 Å². The minimum Gasteiger partial charge on any atom is -0.494 e. The maximum atomic E-state index is 12.4. The Balaban J connectivity index is 1.76. The van der Waals surface area contributed by atoms with Crippen molar-refractivity contribution in [3.05, 3.63) is 70.4 Å². The highest BCUT2D eigenvalue weighted by Gasteiger charge is 2.30. The molecule has 1 aliphatic heterocycles. The van der Waals surface area contributed by atoms with Crippen molar-refractivity contribution in [1.29, 1.82) is 0 Å². The molecule has 2 aromatic carbocycles. The number of aromatic nitrogens is 2. The summed E-state index contributed by atoms with van der Waals surface area (Å²) < 4.78 is 7.28. The zero-order valence-electron chi connectivity index (χ0n) is 15.2. The van der Waals surface area contributed by atoms with Crippen molar-refractivity contribution < 1.29 is 9.53 Å². The topological polar surface area (TPSA) is 56.1 Å². The molecule has 0 bridgehead atoms. The number of rotatable bonds is 4. The summed E-state index contributed by atoms with van der Waals surface area (Å²) in [6, 6.07) is 13.6. The summed E-state index contributed by atoms with van der Waals surface area (Å²) in [6.07, 6.45) is 2.22. The van der Waals surface area contributed by atoms with Gasteiger partial charge in [0.25, 0.3) is 0 Å². The van der Waals surface area contributed by atoms with Crippen LogP contribution in [0.3, 0.4) is 0 Å². The van der Waals surface area contributed by atoms with E-state index in [0.29, 0.717) is 23.9 Å². The number of ether oxygens (including phenoxy) is 1. The summed E-state index contributed by atoms with van der Waals surface area (Å²) in [7, 11) is 0. The summed E-state index contributed by atoms with van der Waals surface area (Å²) in [6.45, 7) is 4.53. The van der Waals surface area contributed by atoms with Crippen molar-refractivity contribution in [3.8, 4) is 11.4 Å². The van der Waals surface area contributed by atoms with Crippen LogP contribution in [0, 0.1) is 6.92 Å². The SMILES string of the molecule is CCOc1ccc([C@@H]2CC(=O)Nc3c2cnn3-c2cccc(Cl)c2C)cc1. The van der Waals surface area contributed by atoms with Gasteiger partial charge in [0.1, 0.15) is 11.6 Å². The number of anilines is 1. The molecule has 0 saturated heterocycles. The van der Waals surface area contributed by atoms with Gasteiger partial charge < -0.3 is 10.1 Å². The van der Waals surface area contributed by atoms with Crippen molar-refractivity contribution in [1.82, 2.24) is 9.78 Å². The standard InChI is InChI=1S/C21H20ClN3O2/c1-3-27-15-9-7-14(8-10-15)16-11-20(26)24-21-17(16)12-23-25(21)19-6-4-5-18(22)13(19)2/h4-10,12,16H,3,11H2,1-2H3,(H,24,26)/t16-/m0/s1. The Kier molecular flexibility index (Phi) is 4.62. The van der Waals surface area contributed by atoms with E-state index in [9.17, 15) is 4.79 Å². The molecule has 0 radical (unpaired) electrons. The second kappa shape index (κ2) is 7.08. The quantitative estimate of drug-likeness (QED) is 0.712. The molecule has 5 nitrogen and oxygen atoms in total. The normalized spacial score (nSPS) is 16.0. The average molecular weight is 382 g/mol. The highest BCUT2D eigenvalue weighted by atomic mass is 35.5. The van der Waals surface area contributed by atoms with Gasteiger partial charge in [-0.3, -0.25) is 4.79 Å². The van der Waals surface area contributed by atoms with Gasteiger partial charge in [-0.25, -0.2) is 4.68 Å². The number of nitrogens with one attached hydrogen (secondary N) is 1. The van der Waals surface area contributed by atoms with Gasteiger partial charge in [0.2, 0.25) is 5.91 Å². The van der Waals surface area contributed by atoms with Gasteiger partial charge in [-0.15, -0.1) is 0 Å². The molecule has 2 heterocycles. The van der Waals surface area contributed by atoms with Crippen LogP contribution in [0.25, 0.3) is 5.69 Å². The minimum atomic E-state index is -0.0438. The van der Waals surface area contributed by atoms with Crippen LogP contribution in [0.2, 0.25) is 5.02 Å². The molecule has 3 aromatic rings. The van der Waals surface area contributed by atoms with Crippen LogP contribution < -0.4 is 10.1 Å². The summed E-state index contributed by atoms with van der Waals surface area (Å²) >= 11 is 6.27. The first-order valence-corrected chi connectivity index (χ1v) is 9.32. The number of halogens is 1. The Morgan fingerprint density at radius 2 is 2.04 bits per heavy atom. The average Bonchev–Trinajstić information content (AvgIpc) is 3.08. The van der Waals surface area contributed by atoms with Gasteiger partial charge in [0.05, 0.1) is 18.5 Å². The minimum absolute atomic E-state index is 0.0252. The lowest BCUT2D eigenvalue weighted by Gasteiger charge is -2.24. The monoisotopic (exact) mass is 381 g/mol. The Bertz CT molecular complexity index is 995. The number of hydrogen-bond donors (Lipinski definition) is 1. The molecule has 0 aliphatic carbocycles. The summed E-state index contributed by atoms with van der Waals surface area (Å²) in [5.74, 6) is 1.46. The third kappa shape index (κ3) is 3.19. The number of nitrogens with zero attached hydrogens (tertiary/aromatic N) is 2. The van der Waals surface area contributed by atoms with Gasteiger partial charge in [-0.1, -0.05) is 29.8 Å². The fourth-order valence-electron chi connectivity index (χ4n) is 3.49. The first kappa shape index (κ1) is 17.6. The van der Waals surface area contributed by atoms with Gasteiger partial charge in [0.15, 0.2) is 0 Å². The van der Waals surface area contributed by atoms with Crippen LogP contribution in [-0.2, 0) is 4.79 Å². The van der Waals surface area contributed by atoms with Crippen LogP contribution in [0.5, 0.6) is 5.75 Å². The number of amides is 1. The van der Waals surface area contributed by atoms with Crippen molar-refractivity contribution in [2.24, 2.45) is 0 Å². The van der Waals surface area contributed by atoms with Gasteiger partial charge in [0, 0.05) is 22.9 Å². The van der Waals surface area contributed by atoms with Gasteiger partial charge in [-0.05, 0) is 49.2 Å². The van der Waals surface area contributed by atoms with E-state index in [0.717, 1.165) is 28.1 Å². The van der Waals surface area contributed by atoms with Crippen molar-refractivity contribution >= 4 is 23.3 Å². The first-order valence-electron chi connectivity index (χ1n) is 8.94. The van der Waals surface area contributed by atoms with E-state index in [1.807, 2.05) is 62.5 Å². The lowest BCUT2D eigenvalue weighted by Crippen LogP contribution is -2.24. The van der Waals surface area contributed by atoms with E-state index in [2.05, 4.69) is 10.4 Å². The molecule has 1 atom stereocenters. The van der Waals surface area contributed by atoms with Gasteiger partial charge >= 0.3 is 0 Å². The third-order valence-electron chi connectivity index (χ3n) is 4.88. The lowest BCUT2D eigenvalue weighted by atomic mass is 9.87. The van der Waals surface area contributed by atoms with Crippen LogP contribution in [0.15, 0.2) is 48.7 Å². The molecular weight excluding hydrogens is 362 g/mol. The van der Waals surface area contributed by atoms with Crippen LogP contribution >= 0.6 is 11.6 Å². The second-order valence-electron chi connectivity index (χ2n) is 6.55. The van der Waals surface area contributed by atoms with Crippen LogP contribution in [0.4, 0.5) is 5.82 Å². The first-order chi connectivity index (χ1) is 13.1. The molecule has 4 rings (SSSR count). The molecule has 1 aromatic heterocycles. The number of carbonyl (C=O) groups excluding carboxylic acids is 1. The molecule has 1 amide bonds. The van der Waals surface area contributed by atoms with E-state index in [4.69, 9.17) is 16.3 Å². The number of benzene rings is 2. The summed E-state index contributed by atoms with van der Waals surface area (Å²) in [5, 5.41) is 8.19. The lowest BCUT2D eigenvalue weighted by molar-refractivity contribution is -0.116. The van der Waals surface area contributed by atoms with E-state index in [-0.39, 0.29) is 11.8 Å². The highest BCUT2D eigenvalue weighted by molar-refractivity contribution is 6.31. The number of carbonyl (C=O) groups is 1. The van der Waals surface area contributed by atoms with Crippen LogP contribution in [-0.4, -0.2) is 22.3 Å². The van der Waals surface area contributed by atoms with E-state index in [1.165, 1.54) is 0 Å². The van der Waals surface area contributed by atoms with E-state index < -0.39 is 0 Å². The molecule has 27 heavy (non-hydrogen) atoms. The third-order valence-corrected chi connectivity index (χ3v) is 5.29. The van der Waals surface area contributed by atoms with Crippen molar-refractivity contribution in [2.75, 3.05) is 11.9 Å². The highest BCUT2D eigenvalue weighted by Crippen LogP contribution is 2.39. The summed E-state index contributed by atoms with van der Waals surface area (Å²) in [4.78, 5) is 12.4. The maximum Gasteiger partial charge on any atom is 0.226 e. The zero-order chi connectivity index (χ0) is 19.0. The smallest absolute Gasteiger partial charge is 0.226 e. The molecule has 0 saturated carbocycles. The Hall–Kier alpha value is -2.79. The Morgan fingerprint density at radius 1 is 1.26 bits per heavy atom. The molecule has 1 aliphatic rings. The maximum absolute atomic E-state index is 12.4. The van der Waals surface area contributed by atoms with Crippen molar-refractivity contribution in [2.45, 2.75) is 26.2 Å². The predicted octanol–water partition coefficient (Wildman–Crippen LogP) is 4.71. The molecular formula is C21H20ClN3O2. The fourth-order valence-corrected chi connectivity index (χ4v) is 3.66. The largest absolute Gasteiger partial charge is 0.494 e. The summed E-state index contributed by atoms with van der Waals surface area (Å²) in [5.41, 5.74) is 3.84. The molecule has 0 unspecified atom stereocenters. The predicted molar refractivity (Wildman–Crippen MR) is 106 cm³/mol. The van der Waals surface area contributed by atoms with Crippen molar-refractivity contribution in [3.63, 3.8) is 0 Å². The number of fused-ring (bicyclic) bond motifs is 1. The Morgan fingerprint density at radius 3 is 2.78 bits per heavy atom. The van der Waals surface area contributed by atoms with Gasteiger partial charge in [-0.2, -0.15) is 5.10 Å². The fraction of sp³-hybridized carbons (Fsp3) is 0.238. The number of hydrogen-bond acceptors (Lipinski definition) is 3. The van der Waals surface area contributed by atoms with E-state index in [1.54, 1.807) is 4.68 Å². The molecule has 6 heteroatoms. The van der Waals surface area contributed by atoms with E-state index >= 15 is 0 Å². The molecule has 0 spiro atoms. The second-order valence-corrected chi connectivity index (χ2v) is 6.96. The zero-order valence-corrected chi connectivity index (χ0v) is 16.0. The van der Waals surface area contributed by atoms with Crippen LogP contribution in [0.1, 0.15) is 36.0 Å². The molecule has 1 N–H and O–H groups in total.